The van der Waals surface area contributed by atoms with E-state index in [0.717, 1.165) is 12.0 Å². The lowest BCUT2D eigenvalue weighted by Crippen LogP contribution is -2.58. The minimum Gasteiger partial charge on any atom is -0.483 e. The van der Waals surface area contributed by atoms with E-state index in [1.807, 2.05) is 30.3 Å². The SMILES string of the molecule is COCCCN1C(=O)CN(Cc2ccccc2)C(=O)[C@H]1C.O=CO. The molecule has 1 aromatic rings. The van der Waals surface area contributed by atoms with Gasteiger partial charge in [-0.1, -0.05) is 30.3 Å². The average Bonchev–Trinajstić information content (AvgIpc) is 2.57. The summed E-state index contributed by atoms with van der Waals surface area (Å²) in [4.78, 5) is 36.3. The molecule has 1 saturated heterocycles. The van der Waals surface area contributed by atoms with Gasteiger partial charge in [0.2, 0.25) is 11.8 Å². The first-order chi connectivity index (χ1) is 11.5. The van der Waals surface area contributed by atoms with Gasteiger partial charge in [-0.15, -0.1) is 0 Å². The van der Waals surface area contributed by atoms with E-state index in [1.165, 1.54) is 0 Å². The number of methoxy groups -OCH3 is 1. The van der Waals surface area contributed by atoms with Gasteiger partial charge in [-0.3, -0.25) is 14.4 Å². The zero-order chi connectivity index (χ0) is 17.9. The molecule has 0 saturated carbocycles. The van der Waals surface area contributed by atoms with Gasteiger partial charge in [0.05, 0.1) is 0 Å². The summed E-state index contributed by atoms with van der Waals surface area (Å²) in [6.45, 7) is 3.36. The van der Waals surface area contributed by atoms with Crippen molar-refractivity contribution >= 4 is 18.3 Å². The van der Waals surface area contributed by atoms with Crippen LogP contribution in [0.5, 0.6) is 0 Å². The van der Waals surface area contributed by atoms with Gasteiger partial charge in [0.15, 0.2) is 0 Å². The Labute approximate surface area is 141 Å². The van der Waals surface area contributed by atoms with Crippen LogP contribution in [0.2, 0.25) is 0 Å². The predicted octanol–water partition coefficient (Wildman–Crippen LogP) is 0.983. The number of carboxylic acid groups (broad SMARTS) is 1. The molecule has 2 rings (SSSR count). The molecule has 1 aliphatic rings. The maximum absolute atomic E-state index is 12.4. The van der Waals surface area contributed by atoms with Gasteiger partial charge in [-0.25, -0.2) is 0 Å². The maximum Gasteiger partial charge on any atom is 0.290 e. The van der Waals surface area contributed by atoms with Gasteiger partial charge in [-0.05, 0) is 18.9 Å². The number of nitrogens with zero attached hydrogens (tertiary/aromatic N) is 2. The first-order valence-electron chi connectivity index (χ1n) is 7.74. The van der Waals surface area contributed by atoms with Gasteiger partial charge >= 0.3 is 0 Å². The lowest BCUT2D eigenvalue weighted by Gasteiger charge is -2.38. The summed E-state index contributed by atoms with van der Waals surface area (Å²) in [6, 6.07) is 9.35. The van der Waals surface area contributed by atoms with Crippen LogP contribution in [-0.2, 0) is 25.7 Å². The fraction of sp³-hybridized carbons (Fsp3) is 0.471. The Morgan fingerprint density at radius 1 is 1.29 bits per heavy atom. The molecule has 0 bridgehead atoms. The monoisotopic (exact) mass is 336 g/mol. The van der Waals surface area contributed by atoms with Crippen molar-refractivity contribution in [2.75, 3.05) is 26.8 Å². The Balaban J connectivity index is 0.000000891. The molecule has 0 unspecified atom stereocenters. The van der Waals surface area contributed by atoms with Crippen LogP contribution in [0.3, 0.4) is 0 Å². The lowest BCUT2D eigenvalue weighted by atomic mass is 10.1. The minimum absolute atomic E-state index is 0.00846. The number of rotatable bonds is 6. The highest BCUT2D eigenvalue weighted by Crippen LogP contribution is 2.16. The summed E-state index contributed by atoms with van der Waals surface area (Å²) >= 11 is 0. The molecular weight excluding hydrogens is 312 g/mol. The van der Waals surface area contributed by atoms with E-state index in [9.17, 15) is 9.59 Å². The Morgan fingerprint density at radius 2 is 1.92 bits per heavy atom. The van der Waals surface area contributed by atoms with Crippen molar-refractivity contribution in [2.24, 2.45) is 0 Å². The molecule has 2 amide bonds. The molecule has 24 heavy (non-hydrogen) atoms. The fourth-order valence-electron chi connectivity index (χ4n) is 2.58. The third kappa shape index (κ3) is 5.66. The van der Waals surface area contributed by atoms with Crippen LogP contribution in [0.1, 0.15) is 18.9 Å². The van der Waals surface area contributed by atoms with Gasteiger partial charge in [0, 0.05) is 26.8 Å². The topological polar surface area (TPSA) is 87.2 Å². The summed E-state index contributed by atoms with van der Waals surface area (Å²) in [5.41, 5.74) is 1.04. The molecule has 1 aromatic carbocycles. The van der Waals surface area contributed by atoms with Crippen molar-refractivity contribution in [3.8, 4) is 0 Å². The number of amides is 2. The van der Waals surface area contributed by atoms with E-state index in [-0.39, 0.29) is 24.8 Å². The molecule has 1 fully saturated rings. The Hall–Kier alpha value is -2.41. The molecule has 1 aliphatic heterocycles. The van der Waals surface area contributed by atoms with Gasteiger partial charge in [0.1, 0.15) is 12.6 Å². The van der Waals surface area contributed by atoms with E-state index in [2.05, 4.69) is 0 Å². The van der Waals surface area contributed by atoms with Crippen LogP contribution < -0.4 is 0 Å². The first-order valence-corrected chi connectivity index (χ1v) is 7.74. The van der Waals surface area contributed by atoms with Crippen molar-refractivity contribution in [3.05, 3.63) is 35.9 Å². The summed E-state index contributed by atoms with van der Waals surface area (Å²) in [6.07, 6.45) is 0.749. The standard InChI is InChI=1S/C16H22N2O3.CH2O2/c1-13-16(20)17(11-14-7-4-3-5-8-14)12-15(19)18(13)9-6-10-21-2;2-1-3/h3-5,7-8,13H,6,9-12H2,1-2H3;1H,(H,2,3)/t13-;/m1./s1. The van der Waals surface area contributed by atoms with Crippen molar-refractivity contribution in [3.63, 3.8) is 0 Å². The van der Waals surface area contributed by atoms with Crippen LogP contribution in [-0.4, -0.2) is 66.0 Å². The largest absolute Gasteiger partial charge is 0.483 e. The number of benzene rings is 1. The highest BCUT2D eigenvalue weighted by molar-refractivity contribution is 5.94. The molecule has 0 spiro atoms. The minimum atomic E-state index is -0.396. The van der Waals surface area contributed by atoms with Crippen LogP contribution in [0, 0.1) is 0 Å². The molecule has 0 aliphatic carbocycles. The van der Waals surface area contributed by atoms with Gasteiger partial charge < -0.3 is 19.6 Å². The molecule has 0 radical (unpaired) electrons. The Morgan fingerprint density at radius 3 is 2.50 bits per heavy atom. The van der Waals surface area contributed by atoms with Crippen LogP contribution in [0.15, 0.2) is 30.3 Å². The molecule has 1 heterocycles. The maximum atomic E-state index is 12.4. The van der Waals surface area contributed by atoms with Crippen molar-refractivity contribution < 1.29 is 24.2 Å². The first kappa shape index (κ1) is 19.6. The molecule has 1 N–H and O–H groups in total. The number of hydrogen-bond acceptors (Lipinski definition) is 4. The van der Waals surface area contributed by atoms with E-state index in [1.54, 1.807) is 23.8 Å². The highest BCUT2D eigenvalue weighted by Gasteiger charge is 2.35. The zero-order valence-electron chi connectivity index (χ0n) is 14.1. The predicted molar refractivity (Wildman–Crippen MR) is 88.2 cm³/mol. The molecule has 7 heteroatoms. The number of piperazine rings is 1. The van der Waals surface area contributed by atoms with Crippen molar-refractivity contribution in [2.45, 2.75) is 25.9 Å². The average molecular weight is 336 g/mol. The van der Waals surface area contributed by atoms with E-state index < -0.39 is 6.04 Å². The van der Waals surface area contributed by atoms with E-state index in [0.29, 0.717) is 19.7 Å². The van der Waals surface area contributed by atoms with Crippen molar-refractivity contribution in [1.82, 2.24) is 9.80 Å². The van der Waals surface area contributed by atoms with Gasteiger partial charge in [0.25, 0.3) is 6.47 Å². The van der Waals surface area contributed by atoms with Crippen molar-refractivity contribution in [1.29, 1.82) is 0 Å². The van der Waals surface area contributed by atoms with Crippen LogP contribution in [0.4, 0.5) is 0 Å². The zero-order valence-corrected chi connectivity index (χ0v) is 14.1. The summed E-state index contributed by atoms with van der Waals surface area (Å²) in [5.74, 6) is 0.0185. The molecule has 7 nitrogen and oxygen atoms in total. The fourth-order valence-corrected chi connectivity index (χ4v) is 2.58. The second kappa shape index (κ2) is 10.4. The highest BCUT2D eigenvalue weighted by atomic mass is 16.5. The van der Waals surface area contributed by atoms with E-state index in [4.69, 9.17) is 14.6 Å². The Bertz CT molecular complexity index is 535. The summed E-state index contributed by atoms with van der Waals surface area (Å²) in [5, 5.41) is 6.89. The smallest absolute Gasteiger partial charge is 0.290 e. The normalized spacial score (nSPS) is 17.3. The number of carbonyl (C=O) groups excluding carboxylic acids is 2. The number of ether oxygens (including phenoxy) is 1. The second-order valence-corrected chi connectivity index (χ2v) is 5.39. The third-order valence-electron chi connectivity index (χ3n) is 3.75. The number of carbonyl (C=O) groups is 3. The Kier molecular flexibility index (Phi) is 8.49. The van der Waals surface area contributed by atoms with Gasteiger partial charge in [-0.2, -0.15) is 0 Å². The second-order valence-electron chi connectivity index (χ2n) is 5.39. The quantitative estimate of drug-likeness (QED) is 0.618. The summed E-state index contributed by atoms with van der Waals surface area (Å²) < 4.78 is 5.00. The third-order valence-corrected chi connectivity index (χ3v) is 3.75. The van der Waals surface area contributed by atoms with Crippen LogP contribution >= 0.6 is 0 Å². The lowest BCUT2D eigenvalue weighted by molar-refractivity contribution is -0.155. The van der Waals surface area contributed by atoms with E-state index >= 15 is 0 Å². The van der Waals surface area contributed by atoms with Crippen LogP contribution in [0.25, 0.3) is 0 Å². The number of hydrogen-bond donors (Lipinski definition) is 1. The molecule has 0 aromatic heterocycles. The summed E-state index contributed by atoms with van der Waals surface area (Å²) in [7, 11) is 1.63. The molecular formula is C17H24N2O5. The molecule has 1 atom stereocenters. The molecule has 132 valence electrons.